The molecule has 4 N–H and O–H groups in total. The molecule has 14 heteroatoms. The van der Waals surface area contributed by atoms with Crippen molar-refractivity contribution in [3.8, 4) is 11.5 Å². The fourth-order valence-electron chi connectivity index (χ4n) is 4.45. The quantitative estimate of drug-likeness (QED) is 0.230. The van der Waals surface area contributed by atoms with Gasteiger partial charge in [-0.1, -0.05) is 0 Å². The Labute approximate surface area is 238 Å². The first-order valence-electron chi connectivity index (χ1n) is 12.8. The predicted molar refractivity (Wildman–Crippen MR) is 151 cm³/mol. The largest absolute Gasteiger partial charge is 0.497 e. The maximum atomic E-state index is 13.1. The third kappa shape index (κ3) is 7.83. The summed E-state index contributed by atoms with van der Waals surface area (Å²) in [6, 6.07) is 12.4. The number of hydrogen-bond donors (Lipinski definition) is 4. The van der Waals surface area contributed by atoms with E-state index >= 15 is 0 Å². The summed E-state index contributed by atoms with van der Waals surface area (Å²) < 4.78 is 38.6. The highest BCUT2D eigenvalue weighted by Crippen LogP contribution is 2.32. The Bertz CT molecular complexity index is 1450. The minimum Gasteiger partial charge on any atom is -0.497 e. The highest BCUT2D eigenvalue weighted by molar-refractivity contribution is 7.89. The number of benzene rings is 2. The minimum absolute atomic E-state index is 0.107. The van der Waals surface area contributed by atoms with Crippen LogP contribution in [0.2, 0.25) is 0 Å². The van der Waals surface area contributed by atoms with E-state index in [4.69, 9.17) is 9.47 Å². The van der Waals surface area contributed by atoms with Crippen molar-refractivity contribution in [2.24, 2.45) is 0 Å². The molecule has 3 aromatic rings. The van der Waals surface area contributed by atoms with Gasteiger partial charge in [0.15, 0.2) is 0 Å². The van der Waals surface area contributed by atoms with Crippen LogP contribution in [0.3, 0.4) is 0 Å². The third-order valence-corrected chi connectivity index (χ3v) is 8.02. The molecular weight excluding hydrogens is 552 g/mol. The molecule has 1 unspecified atom stereocenters. The van der Waals surface area contributed by atoms with Crippen LogP contribution in [0.1, 0.15) is 29.6 Å². The molecule has 0 aliphatic carbocycles. The standard InChI is InChI=1S/C27H32N6O7S/c1-39-20-5-7-21(8-6-20)41(37,38)32-24(17-25(34)35)31-26(36)18-4-9-22(23(16-18)40-2)33-14-10-19(11-15-33)30-27-28-12-3-13-29-27/h3-9,12-13,16,19,24,32H,10-11,14-15,17H2,1-2H3,(H,31,36)(H,34,35)(H,28,29,30). The molecule has 0 saturated carbocycles. The minimum atomic E-state index is -4.14. The fourth-order valence-corrected chi connectivity index (χ4v) is 5.60. The maximum absolute atomic E-state index is 13.1. The zero-order chi connectivity index (χ0) is 29.4. The van der Waals surface area contributed by atoms with Crippen LogP contribution in [0.4, 0.5) is 11.6 Å². The summed E-state index contributed by atoms with van der Waals surface area (Å²) in [4.78, 5) is 35.0. The van der Waals surface area contributed by atoms with Gasteiger partial charge in [-0.2, -0.15) is 4.72 Å². The predicted octanol–water partition coefficient (Wildman–Crippen LogP) is 2.08. The molecule has 1 aliphatic rings. The van der Waals surface area contributed by atoms with Gasteiger partial charge < -0.3 is 30.1 Å². The number of amides is 1. The number of anilines is 2. The molecule has 0 spiro atoms. The average molecular weight is 585 g/mol. The first-order chi connectivity index (χ1) is 19.7. The average Bonchev–Trinajstić information content (AvgIpc) is 2.97. The number of nitrogens with one attached hydrogen (secondary N) is 3. The molecule has 1 atom stereocenters. The van der Waals surface area contributed by atoms with E-state index in [0.717, 1.165) is 31.6 Å². The van der Waals surface area contributed by atoms with Gasteiger partial charge in [-0.05, 0) is 61.4 Å². The number of piperidine rings is 1. The highest BCUT2D eigenvalue weighted by atomic mass is 32.2. The van der Waals surface area contributed by atoms with E-state index in [-0.39, 0.29) is 16.5 Å². The number of carboxylic acid groups (broad SMARTS) is 1. The van der Waals surface area contributed by atoms with Gasteiger partial charge in [0.1, 0.15) is 17.7 Å². The number of rotatable bonds is 12. The molecule has 1 aliphatic heterocycles. The Morgan fingerprint density at radius 2 is 1.73 bits per heavy atom. The normalized spacial score (nSPS) is 14.6. The summed E-state index contributed by atoms with van der Waals surface area (Å²) in [5.41, 5.74) is 0.989. The lowest BCUT2D eigenvalue weighted by molar-refractivity contribution is -0.137. The van der Waals surface area contributed by atoms with Gasteiger partial charge in [0.2, 0.25) is 16.0 Å². The molecule has 4 rings (SSSR count). The van der Waals surface area contributed by atoms with Crippen LogP contribution in [0, 0.1) is 0 Å². The monoisotopic (exact) mass is 584 g/mol. The fraction of sp³-hybridized carbons (Fsp3) is 0.333. The SMILES string of the molecule is COc1ccc(S(=O)(=O)NC(CC(=O)O)NC(=O)c2ccc(N3CCC(Nc4ncccn4)CC3)c(OC)c2)cc1. The number of methoxy groups -OCH3 is 2. The zero-order valence-corrected chi connectivity index (χ0v) is 23.4. The van der Waals surface area contributed by atoms with Gasteiger partial charge in [0.05, 0.1) is 31.2 Å². The van der Waals surface area contributed by atoms with Crippen molar-refractivity contribution in [2.45, 2.75) is 36.4 Å². The molecule has 13 nitrogen and oxygen atoms in total. The van der Waals surface area contributed by atoms with Gasteiger partial charge >= 0.3 is 5.97 Å². The number of sulfonamides is 1. The summed E-state index contributed by atoms with van der Waals surface area (Å²) in [7, 11) is -1.20. The molecular formula is C27H32N6O7S. The van der Waals surface area contributed by atoms with Gasteiger partial charge in [0, 0.05) is 37.1 Å². The Hall–Kier alpha value is -4.43. The summed E-state index contributed by atoms with van der Waals surface area (Å²) in [5, 5.41) is 15.1. The van der Waals surface area contributed by atoms with E-state index in [0.29, 0.717) is 17.4 Å². The molecule has 1 aromatic heterocycles. The lowest BCUT2D eigenvalue weighted by Gasteiger charge is -2.34. The lowest BCUT2D eigenvalue weighted by Crippen LogP contribution is -2.49. The van der Waals surface area contributed by atoms with Crippen molar-refractivity contribution >= 4 is 33.5 Å². The molecule has 2 heterocycles. The zero-order valence-electron chi connectivity index (χ0n) is 22.6. The molecule has 1 fully saturated rings. The van der Waals surface area contributed by atoms with Crippen LogP contribution >= 0.6 is 0 Å². The van der Waals surface area contributed by atoms with Crippen LogP contribution in [-0.2, 0) is 14.8 Å². The molecule has 1 saturated heterocycles. The summed E-state index contributed by atoms with van der Waals surface area (Å²) in [6.07, 6.45) is 2.98. The van der Waals surface area contributed by atoms with E-state index in [1.807, 2.05) is 0 Å². The number of ether oxygens (including phenoxy) is 2. The molecule has 1 amide bonds. The smallest absolute Gasteiger partial charge is 0.306 e. The first-order valence-corrected chi connectivity index (χ1v) is 14.3. The molecule has 218 valence electrons. The van der Waals surface area contributed by atoms with E-state index in [9.17, 15) is 23.1 Å². The Morgan fingerprint density at radius 3 is 2.34 bits per heavy atom. The van der Waals surface area contributed by atoms with Crippen LogP contribution in [0.25, 0.3) is 0 Å². The number of carboxylic acids is 1. The summed E-state index contributed by atoms with van der Waals surface area (Å²) >= 11 is 0. The van der Waals surface area contributed by atoms with Gasteiger partial charge in [0.25, 0.3) is 5.91 Å². The number of carbonyl (C=O) groups is 2. The van der Waals surface area contributed by atoms with Crippen LogP contribution in [-0.4, -0.2) is 74.9 Å². The van der Waals surface area contributed by atoms with E-state index in [2.05, 4.69) is 30.2 Å². The Kier molecular flexibility index (Phi) is 9.57. The Balaban J connectivity index is 1.42. The van der Waals surface area contributed by atoms with Gasteiger partial charge in [-0.25, -0.2) is 18.4 Å². The van der Waals surface area contributed by atoms with Crippen molar-refractivity contribution in [1.29, 1.82) is 0 Å². The number of aromatic nitrogens is 2. The van der Waals surface area contributed by atoms with E-state index in [1.54, 1.807) is 36.7 Å². The van der Waals surface area contributed by atoms with Crippen molar-refractivity contribution in [2.75, 3.05) is 37.5 Å². The number of hydrogen-bond acceptors (Lipinski definition) is 10. The maximum Gasteiger partial charge on any atom is 0.306 e. The summed E-state index contributed by atoms with van der Waals surface area (Å²) in [6.45, 7) is 1.47. The van der Waals surface area contributed by atoms with Gasteiger partial charge in [-0.15, -0.1) is 0 Å². The molecule has 2 aromatic carbocycles. The summed E-state index contributed by atoms with van der Waals surface area (Å²) in [5.74, 6) is -0.448. The number of nitrogens with zero attached hydrogens (tertiary/aromatic N) is 3. The Morgan fingerprint density at radius 1 is 1.05 bits per heavy atom. The van der Waals surface area contributed by atoms with Crippen LogP contribution < -0.4 is 29.7 Å². The molecule has 0 radical (unpaired) electrons. The molecule has 41 heavy (non-hydrogen) atoms. The lowest BCUT2D eigenvalue weighted by atomic mass is 10.0. The van der Waals surface area contributed by atoms with Crippen molar-refractivity contribution in [1.82, 2.24) is 20.0 Å². The van der Waals surface area contributed by atoms with Crippen molar-refractivity contribution in [3.05, 3.63) is 66.5 Å². The molecule has 0 bridgehead atoms. The van der Waals surface area contributed by atoms with E-state index < -0.39 is 34.5 Å². The highest BCUT2D eigenvalue weighted by Gasteiger charge is 2.26. The van der Waals surface area contributed by atoms with Crippen LogP contribution in [0.15, 0.2) is 65.8 Å². The third-order valence-electron chi connectivity index (χ3n) is 6.53. The second-order valence-electron chi connectivity index (χ2n) is 9.29. The van der Waals surface area contributed by atoms with Crippen LogP contribution in [0.5, 0.6) is 11.5 Å². The van der Waals surface area contributed by atoms with E-state index in [1.165, 1.54) is 38.5 Å². The number of aliphatic carboxylic acids is 1. The topological polar surface area (TPSA) is 172 Å². The second kappa shape index (κ2) is 13.3. The number of carbonyl (C=O) groups excluding carboxylic acids is 1. The van der Waals surface area contributed by atoms with Gasteiger partial charge in [-0.3, -0.25) is 9.59 Å². The van der Waals surface area contributed by atoms with Crippen molar-refractivity contribution < 1.29 is 32.6 Å². The first kappa shape index (κ1) is 29.6. The second-order valence-corrected chi connectivity index (χ2v) is 11.0. The van der Waals surface area contributed by atoms with Crippen molar-refractivity contribution in [3.63, 3.8) is 0 Å².